The summed E-state index contributed by atoms with van der Waals surface area (Å²) in [6.07, 6.45) is 0.781. The van der Waals surface area contributed by atoms with Crippen LogP contribution in [-0.4, -0.2) is 16.1 Å². The molecule has 0 bridgehead atoms. The van der Waals surface area contributed by atoms with Crippen molar-refractivity contribution in [3.63, 3.8) is 0 Å². The third-order valence-electron chi connectivity index (χ3n) is 2.99. The van der Waals surface area contributed by atoms with Crippen molar-refractivity contribution in [1.29, 1.82) is 0 Å². The Morgan fingerprint density at radius 1 is 1.47 bits per heavy atom. The van der Waals surface area contributed by atoms with Gasteiger partial charge in [0.15, 0.2) is 5.58 Å². The van der Waals surface area contributed by atoms with Crippen molar-refractivity contribution in [2.24, 2.45) is 12.8 Å². The minimum absolute atomic E-state index is 0.352. The quantitative estimate of drug-likeness (QED) is 0.790. The van der Waals surface area contributed by atoms with Gasteiger partial charge in [0.1, 0.15) is 5.01 Å². The molecule has 2 heterocycles. The molecule has 0 amide bonds. The molecule has 0 saturated heterocycles. The van der Waals surface area contributed by atoms with Crippen molar-refractivity contribution in [2.75, 3.05) is 6.54 Å². The Labute approximate surface area is 113 Å². The maximum Gasteiger partial charge on any atom is 0.419 e. The van der Waals surface area contributed by atoms with Gasteiger partial charge in [-0.15, -0.1) is 11.3 Å². The lowest BCUT2D eigenvalue weighted by molar-refractivity contribution is 0.528. The van der Waals surface area contributed by atoms with Gasteiger partial charge in [-0.1, -0.05) is 0 Å². The van der Waals surface area contributed by atoms with Gasteiger partial charge in [-0.2, -0.15) is 0 Å². The highest BCUT2D eigenvalue weighted by molar-refractivity contribution is 7.13. The van der Waals surface area contributed by atoms with Gasteiger partial charge in [0.05, 0.1) is 11.2 Å². The van der Waals surface area contributed by atoms with Gasteiger partial charge in [-0.25, -0.2) is 9.78 Å². The van der Waals surface area contributed by atoms with Gasteiger partial charge >= 0.3 is 5.76 Å². The van der Waals surface area contributed by atoms with Crippen molar-refractivity contribution in [1.82, 2.24) is 9.55 Å². The van der Waals surface area contributed by atoms with Gasteiger partial charge in [0.2, 0.25) is 0 Å². The van der Waals surface area contributed by atoms with Gasteiger partial charge in [-0.05, 0) is 24.7 Å². The van der Waals surface area contributed by atoms with E-state index in [4.69, 9.17) is 10.2 Å². The van der Waals surface area contributed by atoms with Crippen LogP contribution in [0, 0.1) is 0 Å². The SMILES string of the molecule is Cn1c(=O)oc2ccc(-c3nc(CCN)cs3)cc21. The lowest BCUT2D eigenvalue weighted by Crippen LogP contribution is -2.08. The maximum atomic E-state index is 11.4. The van der Waals surface area contributed by atoms with Crippen molar-refractivity contribution < 1.29 is 4.42 Å². The molecule has 0 unspecified atom stereocenters. The maximum absolute atomic E-state index is 11.4. The average molecular weight is 275 g/mol. The molecule has 98 valence electrons. The molecule has 0 fully saturated rings. The number of oxazole rings is 1. The van der Waals surface area contributed by atoms with Crippen LogP contribution < -0.4 is 11.5 Å². The number of fused-ring (bicyclic) bond motifs is 1. The van der Waals surface area contributed by atoms with Crippen LogP contribution in [0.3, 0.4) is 0 Å². The van der Waals surface area contributed by atoms with E-state index in [1.807, 2.05) is 17.5 Å². The van der Waals surface area contributed by atoms with Crippen LogP contribution in [0.1, 0.15) is 5.69 Å². The molecule has 0 aliphatic heterocycles. The number of hydrogen-bond acceptors (Lipinski definition) is 5. The molecule has 5 nitrogen and oxygen atoms in total. The number of aromatic nitrogens is 2. The Kier molecular flexibility index (Phi) is 2.96. The van der Waals surface area contributed by atoms with E-state index in [2.05, 4.69) is 4.98 Å². The standard InChI is InChI=1S/C13H13N3O2S/c1-16-10-6-8(2-3-11(10)18-13(16)17)12-15-9(4-5-14)7-19-12/h2-3,6-7H,4-5,14H2,1H3. The number of nitrogens with zero attached hydrogens (tertiary/aromatic N) is 2. The molecule has 0 spiro atoms. The van der Waals surface area contributed by atoms with E-state index < -0.39 is 0 Å². The predicted octanol–water partition coefficient (Wildman–Crippen LogP) is 1.76. The summed E-state index contributed by atoms with van der Waals surface area (Å²) in [5.41, 5.74) is 8.88. The van der Waals surface area contributed by atoms with Crippen molar-refractivity contribution in [2.45, 2.75) is 6.42 Å². The van der Waals surface area contributed by atoms with E-state index in [-0.39, 0.29) is 5.76 Å². The van der Waals surface area contributed by atoms with E-state index in [0.717, 1.165) is 28.2 Å². The summed E-state index contributed by atoms with van der Waals surface area (Å²) >= 11 is 1.58. The van der Waals surface area contributed by atoms with Crippen molar-refractivity contribution >= 4 is 22.4 Å². The van der Waals surface area contributed by atoms with E-state index in [9.17, 15) is 4.79 Å². The first-order chi connectivity index (χ1) is 9.19. The van der Waals surface area contributed by atoms with Crippen LogP contribution in [0.15, 0.2) is 32.8 Å². The first-order valence-corrected chi connectivity index (χ1v) is 6.81. The first-order valence-electron chi connectivity index (χ1n) is 5.93. The normalized spacial score (nSPS) is 11.3. The molecular weight excluding hydrogens is 262 g/mol. The summed E-state index contributed by atoms with van der Waals surface area (Å²) in [4.78, 5) is 16.0. The summed E-state index contributed by atoms with van der Waals surface area (Å²) in [7, 11) is 1.69. The second kappa shape index (κ2) is 4.64. The monoisotopic (exact) mass is 275 g/mol. The molecule has 1 aromatic carbocycles. The van der Waals surface area contributed by atoms with Gasteiger partial charge in [0, 0.05) is 24.4 Å². The fourth-order valence-corrected chi connectivity index (χ4v) is 2.81. The summed E-state index contributed by atoms with van der Waals surface area (Å²) in [5.74, 6) is -0.352. The lowest BCUT2D eigenvalue weighted by atomic mass is 10.2. The third-order valence-corrected chi connectivity index (χ3v) is 3.93. The van der Waals surface area contributed by atoms with Crippen LogP contribution in [0.4, 0.5) is 0 Å². The van der Waals surface area contributed by atoms with Crippen LogP contribution >= 0.6 is 11.3 Å². The molecule has 0 aliphatic carbocycles. The Hall–Kier alpha value is -1.92. The molecule has 0 atom stereocenters. The number of rotatable bonds is 3. The van der Waals surface area contributed by atoms with Crippen LogP contribution in [0.2, 0.25) is 0 Å². The molecule has 0 aliphatic rings. The molecule has 3 rings (SSSR count). The predicted molar refractivity (Wildman–Crippen MR) is 75.3 cm³/mol. The molecule has 0 saturated carbocycles. The van der Waals surface area contributed by atoms with Gasteiger partial charge < -0.3 is 10.2 Å². The van der Waals surface area contributed by atoms with Crippen LogP contribution in [0.25, 0.3) is 21.7 Å². The van der Waals surface area contributed by atoms with Gasteiger partial charge in [-0.3, -0.25) is 4.57 Å². The lowest BCUT2D eigenvalue weighted by Gasteiger charge is -1.97. The Morgan fingerprint density at radius 2 is 2.32 bits per heavy atom. The number of nitrogens with two attached hydrogens (primary N) is 1. The van der Waals surface area contributed by atoms with E-state index in [0.29, 0.717) is 12.1 Å². The molecule has 0 radical (unpaired) electrons. The largest absolute Gasteiger partial charge is 0.419 e. The topological polar surface area (TPSA) is 74.0 Å². The van der Waals surface area contributed by atoms with Gasteiger partial charge in [0.25, 0.3) is 0 Å². The summed E-state index contributed by atoms with van der Waals surface area (Å²) < 4.78 is 6.60. The van der Waals surface area contributed by atoms with E-state index >= 15 is 0 Å². The zero-order valence-corrected chi connectivity index (χ0v) is 11.2. The molecule has 6 heteroatoms. The highest BCUT2D eigenvalue weighted by Gasteiger charge is 2.09. The minimum Gasteiger partial charge on any atom is -0.408 e. The zero-order chi connectivity index (χ0) is 13.4. The van der Waals surface area contributed by atoms with Crippen LogP contribution in [0.5, 0.6) is 0 Å². The zero-order valence-electron chi connectivity index (χ0n) is 10.4. The summed E-state index contributed by atoms with van der Waals surface area (Å²) in [5, 5.41) is 2.94. The summed E-state index contributed by atoms with van der Waals surface area (Å²) in [6.45, 7) is 0.596. The number of thiazole rings is 1. The highest BCUT2D eigenvalue weighted by Crippen LogP contribution is 2.26. The minimum atomic E-state index is -0.352. The fraction of sp³-hybridized carbons (Fsp3) is 0.231. The molecule has 2 N–H and O–H groups in total. The van der Waals surface area contributed by atoms with Crippen molar-refractivity contribution in [3.8, 4) is 10.6 Å². The Bertz CT molecular complexity index is 785. The average Bonchev–Trinajstić information content (AvgIpc) is 2.97. The Morgan fingerprint density at radius 3 is 3.11 bits per heavy atom. The van der Waals surface area contributed by atoms with E-state index in [1.165, 1.54) is 4.57 Å². The Balaban J connectivity index is 2.08. The second-order valence-corrected chi connectivity index (χ2v) is 5.15. The smallest absolute Gasteiger partial charge is 0.408 e. The second-order valence-electron chi connectivity index (χ2n) is 4.29. The van der Waals surface area contributed by atoms with E-state index in [1.54, 1.807) is 24.5 Å². The molecular formula is C13H13N3O2S. The third kappa shape index (κ3) is 2.09. The number of hydrogen-bond donors (Lipinski definition) is 1. The first kappa shape index (κ1) is 12.1. The number of aryl methyl sites for hydroxylation is 1. The molecule has 2 aromatic heterocycles. The van der Waals surface area contributed by atoms with Crippen LogP contribution in [-0.2, 0) is 13.5 Å². The fourth-order valence-electron chi connectivity index (χ4n) is 1.96. The highest BCUT2D eigenvalue weighted by atomic mass is 32.1. The van der Waals surface area contributed by atoms with Crippen molar-refractivity contribution in [3.05, 3.63) is 39.8 Å². The molecule has 19 heavy (non-hydrogen) atoms. The number of benzene rings is 1. The summed E-state index contributed by atoms with van der Waals surface area (Å²) in [6, 6.07) is 5.64. The molecule has 3 aromatic rings.